The van der Waals surface area contributed by atoms with Crippen LogP contribution < -0.4 is 10.5 Å². The van der Waals surface area contributed by atoms with Crippen LogP contribution in [-0.4, -0.2) is 39.0 Å². The zero-order chi connectivity index (χ0) is 16.2. The molecule has 0 bridgehead atoms. The summed E-state index contributed by atoms with van der Waals surface area (Å²) in [4.78, 5) is 2.45. The Labute approximate surface area is 128 Å². The Morgan fingerprint density at radius 1 is 1.24 bits per heavy atom. The smallest absolute Gasteiger partial charge is 0.241 e. The van der Waals surface area contributed by atoms with Crippen LogP contribution >= 0.6 is 0 Å². The molecule has 21 heavy (non-hydrogen) atoms. The number of sulfonamides is 1. The van der Waals surface area contributed by atoms with Gasteiger partial charge in [-0.25, -0.2) is 13.1 Å². The third-order valence-electron chi connectivity index (χ3n) is 3.71. The van der Waals surface area contributed by atoms with E-state index in [2.05, 4.69) is 23.5 Å². The second-order valence-corrected chi connectivity index (χ2v) is 7.15. The summed E-state index contributed by atoms with van der Waals surface area (Å²) in [5.41, 5.74) is 7.87. The van der Waals surface area contributed by atoms with Gasteiger partial charge in [-0.05, 0) is 57.1 Å². The summed E-state index contributed by atoms with van der Waals surface area (Å²) in [6.07, 6.45) is 0. The highest BCUT2D eigenvalue weighted by molar-refractivity contribution is 7.89. The molecule has 0 aromatic heterocycles. The molecule has 0 amide bonds. The number of aryl methyl sites for hydroxylation is 1. The first kappa shape index (κ1) is 17.9. The minimum atomic E-state index is -3.55. The molecular formula is C15H27N3O2S. The van der Waals surface area contributed by atoms with Gasteiger partial charge in [-0.3, -0.25) is 0 Å². The lowest BCUT2D eigenvalue weighted by molar-refractivity contribution is 0.282. The summed E-state index contributed by atoms with van der Waals surface area (Å²) < 4.78 is 27.8. The van der Waals surface area contributed by atoms with Crippen molar-refractivity contribution in [3.63, 3.8) is 0 Å². The van der Waals surface area contributed by atoms with Gasteiger partial charge in [0.25, 0.3) is 0 Å². The van der Waals surface area contributed by atoms with Gasteiger partial charge >= 0.3 is 0 Å². The molecule has 0 aliphatic rings. The fraction of sp³-hybridized carbons (Fsp3) is 0.600. The van der Waals surface area contributed by atoms with E-state index in [0.717, 1.165) is 24.2 Å². The summed E-state index contributed by atoms with van der Waals surface area (Å²) >= 11 is 0. The van der Waals surface area contributed by atoms with E-state index in [1.807, 2.05) is 13.8 Å². The van der Waals surface area contributed by atoms with Gasteiger partial charge in [0.05, 0.1) is 4.90 Å². The highest BCUT2D eigenvalue weighted by Crippen LogP contribution is 2.22. The van der Waals surface area contributed by atoms with Crippen LogP contribution in [0.15, 0.2) is 17.0 Å². The fourth-order valence-electron chi connectivity index (χ4n) is 2.37. The van der Waals surface area contributed by atoms with Crippen LogP contribution in [0, 0.1) is 13.8 Å². The van der Waals surface area contributed by atoms with E-state index in [4.69, 9.17) is 5.73 Å². The van der Waals surface area contributed by atoms with Crippen molar-refractivity contribution in [1.82, 2.24) is 9.62 Å². The van der Waals surface area contributed by atoms with Crippen LogP contribution in [-0.2, 0) is 10.0 Å². The lowest BCUT2D eigenvalue weighted by Crippen LogP contribution is -2.42. The molecule has 1 atom stereocenters. The average molecular weight is 313 g/mol. The van der Waals surface area contributed by atoms with Crippen LogP contribution in [0.5, 0.6) is 0 Å². The van der Waals surface area contributed by atoms with Crippen LogP contribution in [0.2, 0.25) is 0 Å². The van der Waals surface area contributed by atoms with Crippen molar-refractivity contribution < 1.29 is 8.42 Å². The van der Waals surface area contributed by atoms with Crippen molar-refractivity contribution in [2.45, 2.75) is 45.6 Å². The summed E-state index contributed by atoms with van der Waals surface area (Å²) in [6, 6.07) is 3.15. The zero-order valence-electron chi connectivity index (χ0n) is 13.6. The first-order valence-corrected chi connectivity index (χ1v) is 8.81. The Bertz CT molecular complexity index is 581. The maximum absolute atomic E-state index is 12.5. The summed E-state index contributed by atoms with van der Waals surface area (Å²) in [6.45, 7) is 12.2. The Morgan fingerprint density at radius 2 is 1.81 bits per heavy atom. The van der Waals surface area contributed by atoms with Crippen molar-refractivity contribution in [1.29, 1.82) is 0 Å². The maximum Gasteiger partial charge on any atom is 0.241 e. The van der Waals surface area contributed by atoms with Gasteiger partial charge in [-0.15, -0.1) is 0 Å². The topological polar surface area (TPSA) is 75.4 Å². The van der Waals surface area contributed by atoms with Crippen LogP contribution in [0.4, 0.5) is 5.69 Å². The molecule has 0 aliphatic carbocycles. The van der Waals surface area contributed by atoms with Crippen molar-refractivity contribution in [3.8, 4) is 0 Å². The minimum Gasteiger partial charge on any atom is -0.399 e. The summed E-state index contributed by atoms with van der Waals surface area (Å²) in [7, 11) is -3.55. The van der Waals surface area contributed by atoms with Crippen molar-refractivity contribution in [3.05, 3.63) is 23.3 Å². The third-order valence-corrected chi connectivity index (χ3v) is 5.43. The largest absolute Gasteiger partial charge is 0.399 e. The molecule has 1 aromatic carbocycles. The number of anilines is 1. The molecule has 0 heterocycles. The number of nitrogens with zero attached hydrogens (tertiary/aromatic N) is 1. The van der Waals surface area contributed by atoms with E-state index in [0.29, 0.717) is 12.2 Å². The first-order chi connectivity index (χ1) is 9.71. The van der Waals surface area contributed by atoms with E-state index >= 15 is 0 Å². The van der Waals surface area contributed by atoms with E-state index in [9.17, 15) is 8.42 Å². The molecular weight excluding hydrogens is 286 g/mol. The lowest BCUT2D eigenvalue weighted by Gasteiger charge is -2.23. The molecule has 1 aromatic rings. The van der Waals surface area contributed by atoms with Crippen molar-refractivity contribution in [2.75, 3.05) is 25.4 Å². The zero-order valence-corrected chi connectivity index (χ0v) is 14.4. The van der Waals surface area contributed by atoms with Gasteiger partial charge in [0.1, 0.15) is 0 Å². The molecule has 0 radical (unpaired) electrons. The number of benzene rings is 1. The van der Waals surface area contributed by atoms with Gasteiger partial charge in [0.2, 0.25) is 10.0 Å². The Morgan fingerprint density at radius 3 is 2.33 bits per heavy atom. The third kappa shape index (κ3) is 4.69. The van der Waals surface area contributed by atoms with Crippen LogP contribution in [0.3, 0.4) is 0 Å². The van der Waals surface area contributed by atoms with E-state index in [1.165, 1.54) is 6.07 Å². The molecule has 0 saturated carbocycles. The van der Waals surface area contributed by atoms with Gasteiger partial charge in [0.15, 0.2) is 0 Å². The Hall–Kier alpha value is -1.11. The van der Waals surface area contributed by atoms with E-state index < -0.39 is 10.0 Å². The van der Waals surface area contributed by atoms with Crippen LogP contribution in [0.25, 0.3) is 0 Å². The second kappa shape index (κ2) is 7.24. The Balaban J connectivity index is 2.97. The SMILES string of the molecule is CCN(CC)CC(C)NS(=O)(=O)c1cc(N)cc(C)c1C. The molecule has 0 spiro atoms. The van der Waals surface area contributed by atoms with E-state index in [-0.39, 0.29) is 10.9 Å². The van der Waals surface area contributed by atoms with E-state index in [1.54, 1.807) is 13.0 Å². The number of nitrogens with one attached hydrogen (secondary N) is 1. The molecule has 120 valence electrons. The Kier molecular flexibility index (Phi) is 6.19. The molecule has 1 unspecified atom stereocenters. The molecule has 1 rings (SSSR count). The number of nitrogen functional groups attached to an aromatic ring is 1. The van der Waals surface area contributed by atoms with Gasteiger partial charge in [-0.2, -0.15) is 0 Å². The van der Waals surface area contributed by atoms with Gasteiger partial charge in [0, 0.05) is 18.3 Å². The predicted molar refractivity (Wildman–Crippen MR) is 87.9 cm³/mol. The van der Waals surface area contributed by atoms with Gasteiger partial charge in [-0.1, -0.05) is 13.8 Å². The lowest BCUT2D eigenvalue weighted by atomic mass is 10.1. The number of rotatable bonds is 7. The number of nitrogens with two attached hydrogens (primary N) is 1. The molecule has 0 aliphatic heterocycles. The summed E-state index contributed by atoms with van der Waals surface area (Å²) in [5, 5.41) is 0. The number of likely N-dealkylation sites (N-methyl/N-ethyl adjacent to an activating group) is 1. The predicted octanol–water partition coefficient (Wildman–Crippen LogP) is 1.89. The molecule has 0 saturated heterocycles. The highest BCUT2D eigenvalue weighted by atomic mass is 32.2. The first-order valence-electron chi connectivity index (χ1n) is 7.32. The van der Waals surface area contributed by atoms with Gasteiger partial charge < -0.3 is 10.6 Å². The number of hydrogen-bond acceptors (Lipinski definition) is 4. The normalized spacial score (nSPS) is 13.6. The van der Waals surface area contributed by atoms with Crippen LogP contribution in [0.1, 0.15) is 31.9 Å². The average Bonchev–Trinajstić information content (AvgIpc) is 2.39. The van der Waals surface area contributed by atoms with Crippen molar-refractivity contribution >= 4 is 15.7 Å². The standard InChI is InChI=1S/C15H27N3O2S/c1-6-18(7-2)10-12(4)17-21(19,20)15-9-14(16)8-11(3)13(15)5/h8-9,12,17H,6-7,10,16H2,1-5H3. The minimum absolute atomic E-state index is 0.156. The molecule has 3 N–H and O–H groups in total. The fourth-order valence-corrected chi connectivity index (χ4v) is 3.95. The monoisotopic (exact) mass is 313 g/mol. The quantitative estimate of drug-likeness (QED) is 0.754. The highest BCUT2D eigenvalue weighted by Gasteiger charge is 2.21. The second-order valence-electron chi connectivity index (χ2n) is 5.47. The molecule has 0 fully saturated rings. The van der Waals surface area contributed by atoms with Crippen molar-refractivity contribution in [2.24, 2.45) is 0 Å². The molecule has 5 nitrogen and oxygen atoms in total. The maximum atomic E-state index is 12.5. The molecule has 6 heteroatoms. The summed E-state index contributed by atoms with van der Waals surface area (Å²) in [5.74, 6) is 0. The number of hydrogen-bond donors (Lipinski definition) is 2.